The van der Waals surface area contributed by atoms with E-state index < -0.39 is 30.1 Å². The second-order valence-corrected chi connectivity index (χ2v) is 5.03. The van der Waals surface area contributed by atoms with Gasteiger partial charge in [-0.15, -0.1) is 0 Å². The lowest BCUT2D eigenvalue weighted by Gasteiger charge is -2.10. The molecule has 0 saturated heterocycles. The van der Waals surface area contributed by atoms with E-state index >= 15 is 0 Å². The van der Waals surface area contributed by atoms with E-state index in [1.807, 2.05) is 0 Å². The Hall–Kier alpha value is -2.67. The zero-order valence-corrected chi connectivity index (χ0v) is 13.2. The highest BCUT2D eigenvalue weighted by atomic mass is 35.5. The van der Waals surface area contributed by atoms with Crippen LogP contribution in [0.25, 0.3) is 0 Å². The van der Waals surface area contributed by atoms with Crippen molar-refractivity contribution in [2.24, 2.45) is 0 Å². The van der Waals surface area contributed by atoms with E-state index in [4.69, 9.17) is 21.1 Å². The predicted octanol–water partition coefficient (Wildman–Crippen LogP) is 3.42. The maximum Gasteiger partial charge on any atom is 0.342 e. The van der Waals surface area contributed by atoms with Gasteiger partial charge in [-0.3, -0.25) is 4.79 Å². The molecular weight excluding hydrogens is 344 g/mol. The Balaban J connectivity index is 2.00. The summed E-state index contributed by atoms with van der Waals surface area (Å²) < 4.78 is 36.3. The molecule has 24 heavy (non-hydrogen) atoms. The van der Waals surface area contributed by atoms with Crippen molar-refractivity contribution < 1.29 is 27.8 Å². The number of methoxy groups -OCH3 is 1. The standard InChI is InChI=1S/C16H12ClF2NO4/c1-23-14-5-2-9(17)6-11(14)16(22)24-8-15(21)20-13-7-10(18)3-4-12(13)19/h2-7H,8H2,1H3,(H,20,21). The fraction of sp³-hybridized carbons (Fsp3) is 0.125. The van der Waals surface area contributed by atoms with Crippen molar-refractivity contribution >= 4 is 29.2 Å². The predicted molar refractivity (Wildman–Crippen MR) is 83.3 cm³/mol. The highest BCUT2D eigenvalue weighted by Crippen LogP contribution is 2.23. The van der Waals surface area contributed by atoms with Crippen LogP contribution in [0.1, 0.15) is 10.4 Å². The van der Waals surface area contributed by atoms with Gasteiger partial charge in [-0.05, 0) is 30.3 Å². The summed E-state index contributed by atoms with van der Waals surface area (Å²) in [7, 11) is 1.36. The van der Waals surface area contributed by atoms with E-state index in [1.165, 1.54) is 25.3 Å². The molecule has 0 aliphatic heterocycles. The van der Waals surface area contributed by atoms with Crippen molar-refractivity contribution in [3.63, 3.8) is 0 Å². The molecule has 0 bridgehead atoms. The molecule has 0 radical (unpaired) electrons. The number of carbonyl (C=O) groups excluding carboxylic acids is 2. The Morgan fingerprint density at radius 2 is 1.92 bits per heavy atom. The third-order valence-corrected chi connectivity index (χ3v) is 3.15. The molecule has 8 heteroatoms. The fourth-order valence-electron chi connectivity index (χ4n) is 1.83. The van der Waals surface area contributed by atoms with Gasteiger partial charge < -0.3 is 14.8 Å². The number of halogens is 3. The minimum absolute atomic E-state index is 0.0368. The summed E-state index contributed by atoms with van der Waals surface area (Å²) in [6.07, 6.45) is 0. The summed E-state index contributed by atoms with van der Waals surface area (Å²) in [5, 5.41) is 2.40. The summed E-state index contributed by atoms with van der Waals surface area (Å²) in [6.45, 7) is -0.690. The number of anilines is 1. The van der Waals surface area contributed by atoms with Gasteiger partial charge in [0.1, 0.15) is 22.9 Å². The average Bonchev–Trinajstić information content (AvgIpc) is 2.56. The van der Waals surface area contributed by atoms with E-state index in [0.29, 0.717) is 0 Å². The van der Waals surface area contributed by atoms with E-state index in [2.05, 4.69) is 5.32 Å². The van der Waals surface area contributed by atoms with E-state index in [-0.39, 0.29) is 22.0 Å². The van der Waals surface area contributed by atoms with Crippen LogP contribution in [0, 0.1) is 11.6 Å². The number of carbonyl (C=O) groups is 2. The summed E-state index contributed by atoms with van der Waals surface area (Å²) in [6, 6.07) is 6.92. The summed E-state index contributed by atoms with van der Waals surface area (Å²) >= 11 is 5.80. The molecule has 5 nitrogen and oxygen atoms in total. The molecule has 2 aromatic rings. The molecule has 0 saturated carbocycles. The lowest BCUT2D eigenvalue weighted by molar-refractivity contribution is -0.119. The largest absolute Gasteiger partial charge is 0.496 e. The topological polar surface area (TPSA) is 64.6 Å². The van der Waals surface area contributed by atoms with Crippen LogP contribution in [0.2, 0.25) is 5.02 Å². The quantitative estimate of drug-likeness (QED) is 0.835. The first kappa shape index (κ1) is 17.7. The number of rotatable bonds is 5. The Morgan fingerprint density at radius 1 is 1.17 bits per heavy atom. The Morgan fingerprint density at radius 3 is 2.62 bits per heavy atom. The van der Waals surface area contributed by atoms with Gasteiger partial charge in [-0.1, -0.05) is 11.6 Å². The first-order valence-electron chi connectivity index (χ1n) is 6.66. The van der Waals surface area contributed by atoms with Gasteiger partial charge in [0.15, 0.2) is 6.61 Å². The molecule has 126 valence electrons. The molecule has 0 spiro atoms. The number of hydrogen-bond acceptors (Lipinski definition) is 4. The SMILES string of the molecule is COc1ccc(Cl)cc1C(=O)OCC(=O)Nc1cc(F)ccc1F. The molecule has 2 aromatic carbocycles. The van der Waals surface area contributed by atoms with Crippen molar-refractivity contribution in [3.05, 3.63) is 58.6 Å². The molecular formula is C16H12ClF2NO4. The van der Waals surface area contributed by atoms with Crippen LogP contribution >= 0.6 is 11.6 Å². The van der Waals surface area contributed by atoms with Crippen LogP contribution in [0.4, 0.5) is 14.5 Å². The minimum atomic E-state index is -0.843. The maximum absolute atomic E-state index is 13.4. The molecule has 0 unspecified atom stereocenters. The molecule has 0 heterocycles. The minimum Gasteiger partial charge on any atom is -0.496 e. The van der Waals surface area contributed by atoms with E-state index in [1.54, 1.807) is 0 Å². The van der Waals surface area contributed by atoms with Gasteiger partial charge >= 0.3 is 5.97 Å². The van der Waals surface area contributed by atoms with Gasteiger partial charge in [-0.25, -0.2) is 13.6 Å². The molecule has 0 aliphatic rings. The second kappa shape index (κ2) is 7.74. The van der Waals surface area contributed by atoms with Crippen LogP contribution < -0.4 is 10.1 Å². The number of amides is 1. The van der Waals surface area contributed by atoms with Crippen molar-refractivity contribution in [1.29, 1.82) is 0 Å². The normalized spacial score (nSPS) is 10.2. The van der Waals surface area contributed by atoms with Crippen LogP contribution in [0.15, 0.2) is 36.4 Å². The molecule has 0 aliphatic carbocycles. The van der Waals surface area contributed by atoms with Gasteiger partial charge in [-0.2, -0.15) is 0 Å². The lowest BCUT2D eigenvalue weighted by atomic mass is 10.2. The number of esters is 1. The molecule has 2 rings (SSSR count). The number of ether oxygens (including phenoxy) is 2. The van der Waals surface area contributed by atoms with Crippen LogP contribution in [0.5, 0.6) is 5.75 Å². The number of nitrogens with one attached hydrogen (secondary N) is 1. The Kier molecular flexibility index (Phi) is 5.70. The third kappa shape index (κ3) is 4.42. The lowest BCUT2D eigenvalue weighted by Crippen LogP contribution is -2.21. The second-order valence-electron chi connectivity index (χ2n) is 4.59. The zero-order valence-electron chi connectivity index (χ0n) is 12.4. The molecule has 0 atom stereocenters. The molecule has 1 N–H and O–H groups in total. The first-order chi connectivity index (χ1) is 11.4. The van der Waals surface area contributed by atoms with Crippen molar-refractivity contribution in [3.8, 4) is 5.75 Å². The fourth-order valence-corrected chi connectivity index (χ4v) is 2.00. The van der Waals surface area contributed by atoms with Gasteiger partial charge in [0.2, 0.25) is 0 Å². The molecule has 0 aromatic heterocycles. The number of hydrogen-bond donors (Lipinski definition) is 1. The smallest absolute Gasteiger partial charge is 0.342 e. The van der Waals surface area contributed by atoms with Crippen molar-refractivity contribution in [2.75, 3.05) is 19.0 Å². The van der Waals surface area contributed by atoms with Gasteiger partial charge in [0.25, 0.3) is 5.91 Å². The van der Waals surface area contributed by atoms with Crippen molar-refractivity contribution in [2.45, 2.75) is 0 Å². The molecule has 1 amide bonds. The zero-order chi connectivity index (χ0) is 17.7. The maximum atomic E-state index is 13.4. The van der Waals surface area contributed by atoms with Gasteiger partial charge in [0.05, 0.1) is 12.8 Å². The van der Waals surface area contributed by atoms with Gasteiger partial charge in [0, 0.05) is 11.1 Å². The first-order valence-corrected chi connectivity index (χ1v) is 7.04. The Labute approximate surface area is 141 Å². The van der Waals surface area contributed by atoms with Crippen LogP contribution in [0.3, 0.4) is 0 Å². The number of benzene rings is 2. The monoisotopic (exact) mass is 355 g/mol. The van der Waals surface area contributed by atoms with E-state index in [0.717, 1.165) is 18.2 Å². The summed E-state index contributed by atoms with van der Waals surface area (Å²) in [5.74, 6) is -2.97. The average molecular weight is 356 g/mol. The highest BCUT2D eigenvalue weighted by Gasteiger charge is 2.16. The van der Waals surface area contributed by atoms with Crippen LogP contribution in [-0.2, 0) is 9.53 Å². The highest BCUT2D eigenvalue weighted by molar-refractivity contribution is 6.31. The van der Waals surface area contributed by atoms with Crippen molar-refractivity contribution in [1.82, 2.24) is 0 Å². The van der Waals surface area contributed by atoms with E-state index in [9.17, 15) is 18.4 Å². The molecule has 0 fully saturated rings. The Bertz CT molecular complexity index is 783. The van der Waals surface area contributed by atoms with Crippen LogP contribution in [-0.4, -0.2) is 25.6 Å². The summed E-state index contributed by atoms with van der Waals surface area (Å²) in [4.78, 5) is 23.7. The third-order valence-electron chi connectivity index (χ3n) is 2.92. The summed E-state index contributed by atoms with van der Waals surface area (Å²) in [5.41, 5.74) is -0.314.